The minimum atomic E-state index is -5.70. The standard InChI is InChI=1S/C97H154F6N12S2/c1-17-19-21-23-25-27-29-31-33-35-61-104-87-108-89(112-91(110-87)114(63-57-73(11)45-37-41-69(3)4)64-58-74(12)46-38-42-70(5)6)106-79-53-49-77(50-54-79)83-67-81-85-86(96(100,101)97(102,103)95(85,98)99)82-68-84(117-94(82,16)93(81,15)116-83)78-51-55-80(56-52-78)107-90-109-88(105-62-36-34-32-30-28-26-24-22-20-18-2)111-92(113-90)115(65-59-75(13)47-39-43-71(7)8)66-60-76(14)48-40-44-72(9)10/h49-56,67-76H,17-48,57-66H2,1-16H3,(H2,104,106,108,110,112)(H2,105,107,109,111,113)/t73-,74-,75-,76-,93?,94?/m0/s1. The summed E-state index contributed by atoms with van der Waals surface area (Å²) >= 11 is 2.51. The van der Waals surface area contributed by atoms with Crippen LogP contribution in [-0.2, 0) is 0 Å². The molecule has 8 rings (SSSR count). The largest absolute Gasteiger partial charge is 0.380 e. The number of rotatable bonds is 60. The van der Waals surface area contributed by atoms with E-state index in [0.717, 1.165) is 90.6 Å². The van der Waals surface area contributed by atoms with Gasteiger partial charge in [-0.25, -0.2) is 0 Å². The second kappa shape index (κ2) is 47.8. The minimum absolute atomic E-state index is 0.218. The third kappa shape index (κ3) is 28.5. The van der Waals surface area contributed by atoms with Crippen molar-refractivity contribution < 1.29 is 26.3 Å². The molecule has 117 heavy (non-hydrogen) atoms. The van der Waals surface area contributed by atoms with E-state index in [1.807, 2.05) is 48.5 Å². The van der Waals surface area contributed by atoms with E-state index in [1.165, 1.54) is 215 Å². The minimum Gasteiger partial charge on any atom is -0.354 e. The van der Waals surface area contributed by atoms with Gasteiger partial charge in [0.25, 0.3) is 0 Å². The average Bonchev–Trinajstić information content (AvgIpc) is 1.48. The summed E-state index contributed by atoms with van der Waals surface area (Å²) in [7, 11) is 0. The lowest BCUT2D eigenvalue weighted by molar-refractivity contribution is -0.258. The summed E-state index contributed by atoms with van der Waals surface area (Å²) < 4.78 is 97.0. The summed E-state index contributed by atoms with van der Waals surface area (Å²) in [5, 5.41) is 14.1. The maximum atomic E-state index is 16.8. The maximum absolute atomic E-state index is 16.8. The van der Waals surface area contributed by atoms with Gasteiger partial charge in [0.05, 0.1) is 9.49 Å². The van der Waals surface area contributed by atoms with Crippen molar-refractivity contribution in [1.29, 1.82) is 0 Å². The van der Waals surface area contributed by atoms with Crippen molar-refractivity contribution in [3.63, 3.8) is 0 Å². The molecule has 2 aromatic heterocycles. The molecule has 2 aromatic carbocycles. The van der Waals surface area contributed by atoms with E-state index in [2.05, 4.69) is 128 Å². The molecule has 12 nitrogen and oxygen atoms in total. The third-order valence-corrected chi connectivity index (χ3v) is 28.4. The lowest BCUT2D eigenvalue weighted by Gasteiger charge is -2.47. The summed E-state index contributed by atoms with van der Waals surface area (Å²) in [4.78, 5) is 36.2. The first kappa shape index (κ1) is 97.0. The topological polar surface area (TPSA) is 132 Å². The number of nitrogens with one attached hydrogen (secondary N) is 4. The summed E-state index contributed by atoms with van der Waals surface area (Å²) in [6, 6.07) is 14.8. The summed E-state index contributed by atoms with van der Waals surface area (Å²) in [6.07, 6.45) is 45.9. The van der Waals surface area contributed by atoms with E-state index in [-0.39, 0.29) is 11.1 Å². The number of nitrogens with zero attached hydrogens (tertiary/aromatic N) is 8. The van der Waals surface area contributed by atoms with Gasteiger partial charge in [0.2, 0.25) is 35.7 Å². The fourth-order valence-corrected chi connectivity index (χ4v) is 20.1. The molecule has 0 radical (unpaired) electrons. The first-order valence-corrected chi connectivity index (χ1v) is 48.2. The van der Waals surface area contributed by atoms with E-state index in [1.54, 1.807) is 13.8 Å². The van der Waals surface area contributed by atoms with Crippen molar-refractivity contribution in [2.24, 2.45) is 47.3 Å². The van der Waals surface area contributed by atoms with Gasteiger partial charge >= 0.3 is 17.8 Å². The van der Waals surface area contributed by atoms with Crippen LogP contribution in [0.3, 0.4) is 0 Å². The van der Waals surface area contributed by atoms with Gasteiger partial charge in [0.1, 0.15) is 0 Å². The number of allylic oxidation sites excluding steroid dienone is 4. The second-order valence-corrected chi connectivity index (χ2v) is 40.5. The van der Waals surface area contributed by atoms with Crippen LogP contribution in [0.25, 0.3) is 9.81 Å². The smallest absolute Gasteiger partial charge is 0.354 e. The Kier molecular flexibility index (Phi) is 39.6. The molecule has 4 N–H and O–H groups in total. The molecular formula is C97H154F6N12S2. The van der Waals surface area contributed by atoms with Crippen molar-refractivity contribution in [1.82, 2.24) is 29.9 Å². The fourth-order valence-electron chi connectivity index (χ4n) is 17.0. The highest BCUT2D eigenvalue weighted by molar-refractivity contribution is 8.14. The quantitative estimate of drug-likeness (QED) is 0.0247. The zero-order valence-electron chi connectivity index (χ0n) is 75.3. The van der Waals surface area contributed by atoms with Crippen molar-refractivity contribution in [3.8, 4) is 0 Å². The van der Waals surface area contributed by atoms with Crippen LogP contribution in [0.2, 0.25) is 0 Å². The number of thioether (sulfide) groups is 2. The molecule has 1 saturated carbocycles. The van der Waals surface area contributed by atoms with Crippen LogP contribution >= 0.6 is 23.5 Å². The molecule has 0 spiro atoms. The van der Waals surface area contributed by atoms with Crippen molar-refractivity contribution in [2.75, 3.05) is 70.3 Å². The predicted molar refractivity (Wildman–Crippen MR) is 491 cm³/mol. The Hall–Kier alpha value is -5.50. The summed E-state index contributed by atoms with van der Waals surface area (Å²) in [6.45, 7) is 40.4. The maximum Gasteiger partial charge on any atom is 0.380 e. The highest BCUT2D eigenvalue weighted by atomic mass is 32.2. The third-order valence-electron chi connectivity index (χ3n) is 25.1. The van der Waals surface area contributed by atoms with E-state index >= 15 is 26.3 Å². The lowest BCUT2D eigenvalue weighted by atomic mass is 9.71. The molecule has 1 fully saturated rings. The molecule has 2 aliphatic carbocycles. The predicted octanol–water partition coefficient (Wildman–Crippen LogP) is 30.2. The first-order valence-electron chi connectivity index (χ1n) is 46.6. The lowest BCUT2D eigenvalue weighted by Crippen LogP contribution is -2.48. The van der Waals surface area contributed by atoms with Gasteiger partial charge in [-0.15, -0.1) is 23.5 Å². The highest BCUT2D eigenvalue weighted by Gasteiger charge is 2.84. The zero-order valence-corrected chi connectivity index (χ0v) is 76.9. The summed E-state index contributed by atoms with van der Waals surface area (Å²) in [5.74, 6) is -8.31. The van der Waals surface area contributed by atoms with Gasteiger partial charge in [-0.05, 0) is 158 Å². The Balaban J connectivity index is 1.05. The van der Waals surface area contributed by atoms with Crippen LogP contribution in [0.1, 0.15) is 353 Å². The zero-order chi connectivity index (χ0) is 84.8. The van der Waals surface area contributed by atoms with E-state index < -0.39 is 38.4 Å². The Morgan fingerprint density at radius 1 is 0.333 bits per heavy atom. The van der Waals surface area contributed by atoms with E-state index in [4.69, 9.17) is 29.9 Å². The molecule has 656 valence electrons. The summed E-state index contributed by atoms with van der Waals surface area (Å²) in [5.41, 5.74) is -0.466. The number of unbranched alkanes of at least 4 members (excludes halogenated alkanes) is 18. The van der Waals surface area contributed by atoms with Crippen molar-refractivity contribution >= 4 is 80.4 Å². The molecule has 0 amide bonds. The van der Waals surface area contributed by atoms with Gasteiger partial charge in [0.15, 0.2) is 0 Å². The number of hydrogen-bond acceptors (Lipinski definition) is 14. The Labute approximate surface area is 713 Å². The molecule has 4 aromatic rings. The number of anilines is 8. The first-order chi connectivity index (χ1) is 55.9. The fraction of sp³-hybridized carbons (Fsp3) is 0.732. The molecule has 6 atom stereocenters. The normalized spacial score (nSPS) is 19.0. The number of fused-ring (bicyclic) bond motifs is 4. The van der Waals surface area contributed by atoms with E-state index in [9.17, 15) is 0 Å². The number of hydrogen-bond donors (Lipinski definition) is 4. The SMILES string of the molecule is CCCCCCCCCCCCNc1nc(Nc2ccc(C3=CC4=C5C(=C6C=C(c7ccc(Nc8nc(NCCCCCCCCCCCC)nc(N(CC[C@@H](C)CCCC(C)C)CC[C@@H](C)CCCC(C)C)n8)cc7)SC6(C)C4(C)S3)C(F)(F)C(F)(F)C5(F)F)cc2)nc(N(CC[C@@H](C)CCCC(C)C)CC[C@@H](C)CCCC(C)C)n1. The second-order valence-electron chi connectivity index (χ2n) is 37.6. The number of benzene rings is 2. The van der Waals surface area contributed by atoms with Crippen LogP contribution in [0.4, 0.5) is 73.4 Å². The average molecular weight is 1670 g/mol. The molecule has 4 heterocycles. The Morgan fingerprint density at radius 3 is 0.889 bits per heavy atom. The molecule has 0 saturated heterocycles. The number of halogens is 6. The van der Waals surface area contributed by atoms with Crippen molar-refractivity contribution in [2.45, 2.75) is 369 Å². The number of aromatic nitrogens is 6. The molecule has 4 aliphatic rings. The van der Waals surface area contributed by atoms with Gasteiger partial charge in [-0.3, -0.25) is 0 Å². The van der Waals surface area contributed by atoms with Crippen LogP contribution in [-0.4, -0.2) is 96.4 Å². The molecular weight excluding hydrogens is 1510 g/mol. The van der Waals surface area contributed by atoms with Crippen LogP contribution in [0.15, 0.2) is 83.0 Å². The van der Waals surface area contributed by atoms with Crippen LogP contribution in [0.5, 0.6) is 0 Å². The van der Waals surface area contributed by atoms with Crippen LogP contribution < -0.4 is 31.1 Å². The monoisotopic (exact) mass is 1670 g/mol. The molecule has 2 unspecified atom stereocenters. The Bertz CT molecular complexity index is 3440. The van der Waals surface area contributed by atoms with Gasteiger partial charge in [-0.2, -0.15) is 56.2 Å². The van der Waals surface area contributed by atoms with Gasteiger partial charge in [0, 0.05) is 71.6 Å². The number of alkyl halides is 6. The molecule has 2 aliphatic heterocycles. The van der Waals surface area contributed by atoms with Crippen LogP contribution in [0, 0.1) is 47.3 Å². The molecule has 20 heteroatoms. The highest BCUT2D eigenvalue weighted by Crippen LogP contribution is 2.75. The van der Waals surface area contributed by atoms with Crippen molar-refractivity contribution in [3.05, 3.63) is 94.1 Å². The van der Waals surface area contributed by atoms with Gasteiger partial charge in [-0.1, -0.05) is 314 Å². The van der Waals surface area contributed by atoms with E-state index in [0.29, 0.717) is 115 Å². The Morgan fingerprint density at radius 2 is 0.607 bits per heavy atom. The van der Waals surface area contributed by atoms with Gasteiger partial charge < -0.3 is 31.1 Å². The molecule has 0 bridgehead atoms.